The van der Waals surface area contributed by atoms with Crippen molar-refractivity contribution in [3.8, 4) is 5.75 Å². The third-order valence-electron chi connectivity index (χ3n) is 6.56. The molecule has 0 bridgehead atoms. The summed E-state index contributed by atoms with van der Waals surface area (Å²) in [5, 5.41) is 32.5. The standard InChI is InChI=1S/C27H27F2NO.C4H6O6/c28-23-12-8-21(9-13-23)27(22-10-14-24(29)15-11-22)7-4-18-30-19-16-26(17-20-30)31-25-5-2-1-3-6-25;5-1(3(7)8)2(6)4(9)10/h1-3,5-6,8-16,27H,4,7,17-20H2;1-2,5-6H,(H,7,8)(H,9,10). The van der Waals surface area contributed by atoms with Gasteiger partial charge in [0, 0.05) is 25.4 Å². The summed E-state index contributed by atoms with van der Waals surface area (Å²) >= 11 is 0. The van der Waals surface area contributed by atoms with Gasteiger partial charge in [-0.1, -0.05) is 42.5 Å². The van der Waals surface area contributed by atoms with Crippen LogP contribution in [0.1, 0.15) is 36.3 Å². The number of rotatable bonds is 11. The van der Waals surface area contributed by atoms with Crippen LogP contribution in [0.3, 0.4) is 0 Å². The lowest BCUT2D eigenvalue weighted by Gasteiger charge is -2.27. The molecule has 3 aromatic rings. The predicted octanol–water partition coefficient (Wildman–Crippen LogP) is 4.42. The second-order valence-electron chi connectivity index (χ2n) is 9.50. The number of carbonyl (C=O) groups is 2. The highest BCUT2D eigenvalue weighted by Crippen LogP contribution is 2.30. The van der Waals surface area contributed by atoms with Crippen molar-refractivity contribution in [1.29, 1.82) is 0 Å². The van der Waals surface area contributed by atoms with Gasteiger partial charge in [0.05, 0.1) is 0 Å². The van der Waals surface area contributed by atoms with Crippen LogP contribution >= 0.6 is 0 Å². The minimum absolute atomic E-state index is 0.124. The average Bonchev–Trinajstić information content (AvgIpc) is 2.97. The Bertz CT molecular complexity index is 1220. The minimum atomic E-state index is -2.27. The van der Waals surface area contributed by atoms with E-state index >= 15 is 0 Å². The zero-order chi connectivity index (χ0) is 29.8. The fourth-order valence-electron chi connectivity index (χ4n) is 4.33. The minimum Gasteiger partial charge on any atom is -0.479 e. The quantitative estimate of drug-likeness (QED) is 0.267. The van der Waals surface area contributed by atoms with Gasteiger partial charge in [-0.3, -0.25) is 4.90 Å². The molecule has 0 fully saturated rings. The first-order chi connectivity index (χ1) is 19.6. The molecule has 41 heavy (non-hydrogen) atoms. The van der Waals surface area contributed by atoms with Crippen molar-refractivity contribution in [3.63, 3.8) is 0 Å². The number of para-hydroxylation sites is 1. The highest BCUT2D eigenvalue weighted by molar-refractivity contribution is 5.83. The second-order valence-corrected chi connectivity index (χ2v) is 9.50. The molecule has 2 atom stereocenters. The monoisotopic (exact) mass is 569 g/mol. The van der Waals surface area contributed by atoms with E-state index in [0.717, 1.165) is 61.5 Å². The Kier molecular flexibility index (Phi) is 12.0. The summed E-state index contributed by atoms with van der Waals surface area (Å²) in [5.41, 5.74) is 2.12. The van der Waals surface area contributed by atoms with Gasteiger partial charge in [-0.15, -0.1) is 0 Å². The number of aliphatic carboxylic acids is 2. The van der Waals surface area contributed by atoms with Gasteiger partial charge in [0.15, 0.2) is 12.2 Å². The fraction of sp³-hybridized carbons (Fsp3) is 0.290. The molecule has 0 aliphatic carbocycles. The Morgan fingerprint density at radius 2 is 1.32 bits per heavy atom. The largest absolute Gasteiger partial charge is 0.479 e. The van der Waals surface area contributed by atoms with Gasteiger partial charge in [0.1, 0.15) is 23.1 Å². The molecule has 4 rings (SSSR count). The molecular formula is C31H33F2NO7. The first-order valence-corrected chi connectivity index (χ1v) is 13.1. The van der Waals surface area contributed by atoms with Crippen LogP contribution in [0.4, 0.5) is 8.78 Å². The molecule has 2 unspecified atom stereocenters. The number of hydrogen-bond donors (Lipinski definition) is 4. The SMILES string of the molecule is Fc1ccc(C(CCCN2CC=C(Oc3ccccc3)CC2)c2ccc(F)cc2)cc1.O=C(O)C(O)C(O)C(=O)O. The van der Waals surface area contributed by atoms with E-state index in [0.29, 0.717) is 0 Å². The van der Waals surface area contributed by atoms with E-state index < -0.39 is 24.1 Å². The summed E-state index contributed by atoms with van der Waals surface area (Å²) in [6.07, 6.45) is 0.449. The van der Waals surface area contributed by atoms with E-state index in [1.165, 1.54) is 24.3 Å². The summed E-state index contributed by atoms with van der Waals surface area (Å²) in [7, 11) is 0. The van der Waals surface area contributed by atoms with E-state index in [9.17, 15) is 18.4 Å². The van der Waals surface area contributed by atoms with Crippen molar-refractivity contribution < 1.29 is 43.5 Å². The van der Waals surface area contributed by atoms with Gasteiger partial charge >= 0.3 is 11.9 Å². The first-order valence-electron chi connectivity index (χ1n) is 13.1. The Morgan fingerprint density at radius 1 is 0.805 bits per heavy atom. The number of halogens is 2. The number of benzene rings is 3. The first kappa shape index (κ1) is 31.4. The van der Waals surface area contributed by atoms with E-state index in [4.69, 9.17) is 25.2 Å². The van der Waals surface area contributed by atoms with E-state index in [1.807, 2.05) is 54.6 Å². The molecule has 0 spiro atoms. The van der Waals surface area contributed by atoms with Crippen LogP contribution in [0.5, 0.6) is 5.75 Å². The molecule has 1 heterocycles. The van der Waals surface area contributed by atoms with Gasteiger partial charge in [0.2, 0.25) is 0 Å². The summed E-state index contributed by atoms with van der Waals surface area (Å²) in [4.78, 5) is 22.0. The van der Waals surface area contributed by atoms with E-state index in [-0.39, 0.29) is 17.6 Å². The van der Waals surface area contributed by atoms with E-state index in [1.54, 1.807) is 0 Å². The number of ether oxygens (including phenoxy) is 1. The van der Waals surface area contributed by atoms with Crippen LogP contribution < -0.4 is 4.74 Å². The Balaban J connectivity index is 0.000000397. The molecule has 10 heteroatoms. The molecule has 0 saturated heterocycles. The van der Waals surface area contributed by atoms with Crippen LogP contribution in [0.2, 0.25) is 0 Å². The van der Waals surface area contributed by atoms with Crippen LogP contribution in [0.15, 0.2) is 90.7 Å². The number of aliphatic hydroxyl groups is 2. The lowest BCUT2D eigenvalue weighted by atomic mass is 9.87. The molecule has 218 valence electrons. The molecule has 1 aliphatic rings. The number of hydrogen-bond acceptors (Lipinski definition) is 6. The van der Waals surface area contributed by atoms with Gasteiger partial charge in [0.25, 0.3) is 0 Å². The van der Waals surface area contributed by atoms with Crippen molar-refractivity contribution in [2.75, 3.05) is 19.6 Å². The van der Waals surface area contributed by atoms with Crippen molar-refractivity contribution in [2.24, 2.45) is 0 Å². The van der Waals surface area contributed by atoms with Gasteiger partial charge in [-0.25, -0.2) is 18.4 Å². The predicted molar refractivity (Wildman–Crippen MR) is 147 cm³/mol. The van der Waals surface area contributed by atoms with Gasteiger partial charge < -0.3 is 25.2 Å². The number of nitrogens with zero attached hydrogens (tertiary/aromatic N) is 1. The van der Waals surface area contributed by atoms with Crippen molar-refractivity contribution in [1.82, 2.24) is 4.90 Å². The highest BCUT2D eigenvalue weighted by Gasteiger charge is 2.29. The molecule has 0 amide bonds. The molecule has 8 nitrogen and oxygen atoms in total. The third kappa shape index (κ3) is 10.1. The summed E-state index contributed by atoms with van der Waals surface area (Å²) < 4.78 is 32.7. The van der Waals surface area contributed by atoms with Crippen molar-refractivity contribution in [3.05, 3.63) is 113 Å². The molecule has 0 saturated carbocycles. The fourth-order valence-corrected chi connectivity index (χ4v) is 4.33. The van der Waals surface area contributed by atoms with Crippen LogP contribution in [-0.2, 0) is 9.59 Å². The molecule has 1 aliphatic heterocycles. The molecule has 3 aromatic carbocycles. The van der Waals surface area contributed by atoms with Crippen molar-refractivity contribution in [2.45, 2.75) is 37.4 Å². The van der Waals surface area contributed by atoms with Crippen molar-refractivity contribution >= 4 is 11.9 Å². The van der Waals surface area contributed by atoms with Gasteiger partial charge in [-0.05, 0) is 73.0 Å². The summed E-state index contributed by atoms with van der Waals surface area (Å²) in [6.45, 7) is 2.82. The Hall–Kier alpha value is -4.12. The Labute approximate surface area is 236 Å². The number of carboxylic acids is 2. The smallest absolute Gasteiger partial charge is 0.335 e. The van der Waals surface area contributed by atoms with Crippen LogP contribution in [0, 0.1) is 11.6 Å². The van der Waals surface area contributed by atoms with Gasteiger partial charge in [-0.2, -0.15) is 0 Å². The lowest BCUT2D eigenvalue weighted by molar-refractivity contribution is -0.165. The zero-order valence-corrected chi connectivity index (χ0v) is 22.3. The molecule has 0 aromatic heterocycles. The maximum Gasteiger partial charge on any atom is 0.335 e. The summed E-state index contributed by atoms with van der Waals surface area (Å²) in [5.74, 6) is -1.99. The summed E-state index contributed by atoms with van der Waals surface area (Å²) in [6, 6.07) is 23.2. The number of carboxylic acid groups (broad SMARTS) is 2. The highest BCUT2D eigenvalue weighted by atomic mass is 19.1. The normalized spacial score (nSPS) is 14.8. The van der Waals surface area contributed by atoms with Crippen LogP contribution in [-0.4, -0.2) is 69.1 Å². The molecule has 4 N–H and O–H groups in total. The third-order valence-corrected chi connectivity index (χ3v) is 6.56. The topological polar surface area (TPSA) is 128 Å². The molecular weight excluding hydrogens is 536 g/mol. The average molecular weight is 570 g/mol. The van der Waals surface area contributed by atoms with Crippen LogP contribution in [0.25, 0.3) is 0 Å². The lowest BCUT2D eigenvalue weighted by Crippen LogP contribution is -2.39. The van der Waals surface area contributed by atoms with E-state index in [2.05, 4.69) is 11.0 Å². The molecule has 0 radical (unpaired) electrons. The maximum atomic E-state index is 13.4. The zero-order valence-electron chi connectivity index (χ0n) is 22.3. The maximum absolute atomic E-state index is 13.4. The second kappa shape index (κ2) is 15.6. The number of aliphatic hydroxyl groups excluding tert-OH is 2. The Morgan fingerprint density at radius 3 is 1.76 bits per heavy atom.